The number of rotatable bonds is 1. The maximum Gasteiger partial charge on any atom is 0.466 e. The van der Waals surface area contributed by atoms with Gasteiger partial charge in [0.05, 0.1) is 13.2 Å². The smallest absolute Gasteiger partial charge is 0.394 e. The van der Waals surface area contributed by atoms with Crippen LogP contribution in [0.2, 0.25) is 0 Å². The van der Waals surface area contributed by atoms with Crippen LogP contribution in [0.5, 0.6) is 0 Å². The first-order valence-corrected chi connectivity index (χ1v) is 3.68. The van der Waals surface area contributed by atoms with Gasteiger partial charge in [0, 0.05) is 0 Å². The molecule has 0 unspecified atom stereocenters. The molecular weight excluding hydrogens is 183 g/mol. The van der Waals surface area contributed by atoms with E-state index in [4.69, 9.17) is 40.0 Å². The maximum absolute atomic E-state index is 8.88. The Bertz CT molecular complexity index is 75.8. The molecule has 0 aliphatic rings. The van der Waals surface area contributed by atoms with Crippen LogP contribution >= 0.6 is 7.82 Å². The monoisotopic (exact) mass is 194 g/mol. The highest BCUT2D eigenvalue weighted by Gasteiger charge is 2.00. The van der Waals surface area contributed by atoms with Crippen molar-refractivity contribution in [1.29, 1.82) is 0 Å². The van der Waals surface area contributed by atoms with Crippen molar-refractivity contribution in [1.82, 2.24) is 0 Å². The molecule has 8 nitrogen and oxygen atoms in total. The van der Waals surface area contributed by atoms with Crippen LogP contribution in [-0.4, -0.2) is 48.6 Å². The molecule has 0 saturated carbocycles. The van der Waals surface area contributed by atoms with Gasteiger partial charge in [-0.05, 0) is 0 Å². The van der Waals surface area contributed by atoms with Gasteiger partial charge in [0.1, 0.15) is 0 Å². The highest BCUT2D eigenvalue weighted by atomic mass is 31.2. The number of hydrogen-bond donors (Lipinski definition) is 7. The lowest BCUT2D eigenvalue weighted by atomic mass is 10.8. The van der Waals surface area contributed by atoms with Crippen LogP contribution in [0.15, 0.2) is 0 Å². The van der Waals surface area contributed by atoms with Gasteiger partial charge in [0.2, 0.25) is 0 Å². The molecule has 11 heavy (non-hydrogen) atoms. The van der Waals surface area contributed by atoms with Crippen LogP contribution in [0.4, 0.5) is 0 Å². The minimum Gasteiger partial charge on any atom is -0.394 e. The van der Waals surface area contributed by atoms with Crippen LogP contribution in [0, 0.1) is 0 Å². The third kappa shape index (κ3) is 697. The van der Waals surface area contributed by atoms with Crippen LogP contribution in [0.3, 0.4) is 0 Å². The molecule has 0 aromatic heterocycles. The first-order chi connectivity index (χ1) is 4.91. The third-order valence-electron chi connectivity index (χ3n) is 0.1000. The zero-order valence-electron chi connectivity index (χ0n) is 5.40. The molecule has 0 rings (SSSR count). The van der Waals surface area contributed by atoms with Crippen molar-refractivity contribution in [2.75, 3.05) is 13.2 Å². The van der Waals surface area contributed by atoms with E-state index in [-0.39, 0.29) is 13.2 Å². The Kier molecular flexibility index (Phi) is 19.7. The number of hydrogen-bond acceptors (Lipinski definition) is 5. The van der Waals surface area contributed by atoms with E-state index < -0.39 is 7.82 Å². The van der Waals surface area contributed by atoms with E-state index in [0.29, 0.717) is 0 Å². The molecule has 0 heterocycles. The zero-order valence-corrected chi connectivity index (χ0v) is 6.29. The second-order valence-electron chi connectivity index (χ2n) is 0.960. The average molecular weight is 194 g/mol. The number of aliphatic hydroxyl groups is 2. The van der Waals surface area contributed by atoms with Gasteiger partial charge in [-0.2, -0.15) is 0 Å². The first kappa shape index (κ1) is 17.2. The lowest BCUT2D eigenvalue weighted by molar-refractivity contribution is -0.176. The predicted molar refractivity (Wildman–Crippen MR) is 33.7 cm³/mol. The van der Waals surface area contributed by atoms with E-state index in [1.165, 1.54) is 0 Å². The van der Waals surface area contributed by atoms with Gasteiger partial charge in [0.25, 0.3) is 0 Å². The summed E-state index contributed by atoms with van der Waals surface area (Å²) in [6.07, 6.45) is 0. The van der Waals surface area contributed by atoms with Crippen molar-refractivity contribution in [2.45, 2.75) is 0 Å². The fourth-order valence-corrected chi connectivity index (χ4v) is 0. The van der Waals surface area contributed by atoms with Crippen molar-refractivity contribution in [3.8, 4) is 0 Å². The van der Waals surface area contributed by atoms with E-state index >= 15 is 0 Å². The van der Waals surface area contributed by atoms with E-state index in [9.17, 15) is 0 Å². The quantitative estimate of drug-likeness (QED) is 0.144. The molecule has 7 N–H and O–H groups in total. The van der Waals surface area contributed by atoms with E-state index in [2.05, 4.69) is 0 Å². The van der Waals surface area contributed by atoms with Crippen LogP contribution < -0.4 is 0 Å². The average Bonchev–Trinajstić information content (AvgIpc) is 1.89. The molecule has 9 heteroatoms. The van der Waals surface area contributed by atoms with Gasteiger partial charge in [-0.3, -0.25) is 10.5 Å². The molecule has 0 atom stereocenters. The van der Waals surface area contributed by atoms with Crippen molar-refractivity contribution in [3.05, 3.63) is 0 Å². The van der Waals surface area contributed by atoms with Crippen LogP contribution in [0.1, 0.15) is 0 Å². The summed E-state index contributed by atoms with van der Waals surface area (Å²) in [5.74, 6) is 0. The Morgan fingerprint density at radius 2 is 1.00 bits per heavy atom. The molecule has 72 valence electrons. The minimum absolute atomic E-state index is 0.125. The molecule has 0 aromatic carbocycles. The summed E-state index contributed by atoms with van der Waals surface area (Å²) >= 11 is 0. The Morgan fingerprint density at radius 3 is 1.00 bits per heavy atom. The van der Waals surface area contributed by atoms with Crippen molar-refractivity contribution < 1.29 is 40.0 Å². The van der Waals surface area contributed by atoms with Gasteiger partial charge >= 0.3 is 7.82 Å². The molecule has 0 bridgehead atoms. The third-order valence-corrected chi connectivity index (χ3v) is 0.1000. The summed E-state index contributed by atoms with van der Waals surface area (Å²) < 4.78 is 8.88. The molecule has 0 radical (unpaired) electrons. The van der Waals surface area contributed by atoms with Gasteiger partial charge in [-0.25, -0.2) is 4.57 Å². The molecule has 0 amide bonds. The first-order valence-electron chi connectivity index (χ1n) is 2.12. The van der Waals surface area contributed by atoms with Gasteiger partial charge in [-0.15, -0.1) is 0 Å². The molecular formula is C2H11O8P. The normalized spacial score (nSPS) is 8.64. The topological polar surface area (TPSA) is 159 Å². The van der Waals surface area contributed by atoms with Gasteiger partial charge in [0.15, 0.2) is 0 Å². The van der Waals surface area contributed by atoms with Gasteiger partial charge in [-0.1, -0.05) is 0 Å². The maximum atomic E-state index is 8.88. The molecule has 0 aliphatic carbocycles. The fourth-order valence-electron chi connectivity index (χ4n) is 0. The van der Waals surface area contributed by atoms with E-state index in [1.807, 2.05) is 0 Å². The van der Waals surface area contributed by atoms with Crippen molar-refractivity contribution in [3.63, 3.8) is 0 Å². The minimum atomic E-state index is -4.64. The van der Waals surface area contributed by atoms with Crippen LogP contribution in [-0.2, 0) is 4.57 Å². The predicted octanol–water partition coefficient (Wildman–Crippen LogP) is -1.94. The second kappa shape index (κ2) is 12.6. The summed E-state index contributed by atoms with van der Waals surface area (Å²) in [7, 11) is -4.64. The molecule has 0 saturated heterocycles. The summed E-state index contributed by atoms with van der Waals surface area (Å²) in [4.78, 5) is 21.6. The highest BCUT2D eigenvalue weighted by molar-refractivity contribution is 7.45. The molecule has 0 aliphatic heterocycles. The lowest BCUT2D eigenvalue weighted by Gasteiger charge is -1.82. The van der Waals surface area contributed by atoms with Crippen molar-refractivity contribution >= 4 is 7.82 Å². The Hall–Kier alpha value is -0.0500. The molecule has 0 aromatic rings. The fraction of sp³-hybridized carbons (Fsp3) is 1.00. The van der Waals surface area contributed by atoms with Gasteiger partial charge < -0.3 is 24.9 Å². The largest absolute Gasteiger partial charge is 0.466 e. The van der Waals surface area contributed by atoms with E-state index in [0.717, 1.165) is 0 Å². The zero-order chi connectivity index (χ0) is 9.91. The lowest BCUT2D eigenvalue weighted by Crippen LogP contribution is -1.85. The second-order valence-corrected chi connectivity index (χ2v) is 1.99. The Labute approximate surface area is 62.2 Å². The highest BCUT2D eigenvalue weighted by Crippen LogP contribution is 2.25. The summed E-state index contributed by atoms with van der Waals surface area (Å²) in [6, 6.07) is 0. The summed E-state index contributed by atoms with van der Waals surface area (Å²) in [6.45, 7) is -0.250. The molecule has 0 fully saturated rings. The number of aliphatic hydroxyl groups excluding tert-OH is 2. The Morgan fingerprint density at radius 1 is 0.909 bits per heavy atom. The SMILES string of the molecule is O=P(O)(O)O.OCCO.OO. The van der Waals surface area contributed by atoms with Crippen LogP contribution in [0.25, 0.3) is 0 Å². The van der Waals surface area contributed by atoms with Crippen molar-refractivity contribution in [2.24, 2.45) is 0 Å². The van der Waals surface area contributed by atoms with E-state index in [1.54, 1.807) is 0 Å². The number of phosphoric acid groups is 1. The Balaban J connectivity index is -0.0000000965. The summed E-state index contributed by atoms with van der Waals surface area (Å²) in [5.41, 5.74) is 0. The molecule has 0 spiro atoms. The standard InChI is InChI=1S/C2H6O2.H3O4P.H2O2/c3-1-2-4;1-5(2,3)4;1-2/h3-4H,1-2H2;(H3,1,2,3,4);1-2H. The summed E-state index contributed by atoms with van der Waals surface area (Å²) in [5, 5.41) is 27.2.